The van der Waals surface area contributed by atoms with Crippen LogP contribution in [0, 0.1) is 5.92 Å². The van der Waals surface area contributed by atoms with Crippen molar-refractivity contribution in [2.45, 2.75) is 17.4 Å². The van der Waals surface area contributed by atoms with E-state index in [0.29, 0.717) is 13.0 Å². The van der Waals surface area contributed by atoms with Crippen molar-refractivity contribution >= 4 is 22.4 Å². The standard InChI is InChI=1S/C17H20N4O5S.CH2O2/c1-26-16-3-2-13(27(18,24)25)7-14(16)17(23)21-9-11(15(22)10-21)6-12-8-19-4-5-20-12;2-1-3/h2-5,7-8,11,15,22H,6,9-10H2,1H3,(H2,18,24,25);1H,(H,2,3)/t11-,15-;/m1./s1. The maximum Gasteiger partial charge on any atom is 0.290 e. The predicted molar refractivity (Wildman–Crippen MR) is 104 cm³/mol. The Balaban J connectivity index is 0.00000101. The summed E-state index contributed by atoms with van der Waals surface area (Å²) >= 11 is 0. The average molecular weight is 438 g/mol. The van der Waals surface area contributed by atoms with Gasteiger partial charge in [0.1, 0.15) is 5.75 Å². The number of aliphatic hydroxyl groups excluding tert-OH is 1. The second kappa shape index (κ2) is 10.1. The molecule has 0 spiro atoms. The van der Waals surface area contributed by atoms with Crippen LogP contribution in [0.5, 0.6) is 5.75 Å². The van der Waals surface area contributed by atoms with Crippen LogP contribution < -0.4 is 9.88 Å². The van der Waals surface area contributed by atoms with Gasteiger partial charge in [-0.15, -0.1) is 0 Å². The summed E-state index contributed by atoms with van der Waals surface area (Å²) in [6.45, 7) is 0.186. The Labute approximate surface area is 173 Å². The summed E-state index contributed by atoms with van der Waals surface area (Å²) < 4.78 is 28.4. The first-order chi connectivity index (χ1) is 14.2. The van der Waals surface area contributed by atoms with Gasteiger partial charge in [0.25, 0.3) is 12.4 Å². The number of primary sulfonamides is 1. The zero-order valence-corrected chi connectivity index (χ0v) is 16.9. The van der Waals surface area contributed by atoms with Gasteiger partial charge in [-0.1, -0.05) is 0 Å². The molecule has 1 aliphatic rings. The van der Waals surface area contributed by atoms with Crippen molar-refractivity contribution in [1.82, 2.24) is 14.9 Å². The van der Waals surface area contributed by atoms with Crippen LogP contribution >= 0.6 is 0 Å². The number of carboxylic acid groups (broad SMARTS) is 1. The first-order valence-electron chi connectivity index (χ1n) is 8.72. The number of methoxy groups -OCH3 is 1. The number of rotatable bonds is 5. The fraction of sp³-hybridized carbons (Fsp3) is 0.333. The lowest BCUT2D eigenvalue weighted by molar-refractivity contribution is -0.122. The lowest BCUT2D eigenvalue weighted by Gasteiger charge is -2.18. The number of aliphatic hydroxyl groups is 1. The molecule has 2 heterocycles. The lowest BCUT2D eigenvalue weighted by Crippen LogP contribution is -2.30. The Kier molecular flexibility index (Phi) is 7.80. The molecule has 0 bridgehead atoms. The van der Waals surface area contributed by atoms with Gasteiger partial charge in [0.2, 0.25) is 10.0 Å². The topological polar surface area (TPSA) is 173 Å². The van der Waals surface area contributed by atoms with Crippen LogP contribution in [0.25, 0.3) is 0 Å². The van der Waals surface area contributed by atoms with Gasteiger partial charge in [-0.2, -0.15) is 0 Å². The molecule has 4 N–H and O–H groups in total. The third kappa shape index (κ3) is 5.72. The molecule has 0 aliphatic carbocycles. The highest BCUT2D eigenvalue weighted by molar-refractivity contribution is 7.89. The molecule has 30 heavy (non-hydrogen) atoms. The zero-order valence-electron chi connectivity index (χ0n) is 16.1. The summed E-state index contributed by atoms with van der Waals surface area (Å²) in [7, 11) is -2.57. The number of likely N-dealkylation sites (tertiary alicyclic amines) is 1. The highest BCUT2D eigenvalue weighted by Crippen LogP contribution is 2.27. The number of sulfonamides is 1. The van der Waals surface area contributed by atoms with Gasteiger partial charge in [0.05, 0.1) is 29.4 Å². The molecule has 3 rings (SSSR count). The van der Waals surface area contributed by atoms with Gasteiger partial charge in [-0.25, -0.2) is 13.6 Å². The normalized spacial score (nSPS) is 18.3. The maximum atomic E-state index is 12.9. The number of carbonyl (C=O) groups is 2. The molecule has 0 unspecified atom stereocenters. The SMILES string of the molecule is COc1ccc(S(N)(=O)=O)cc1C(=O)N1C[C@@H](Cc2cnccn2)[C@H](O)C1.O=CO. The van der Waals surface area contributed by atoms with Crippen LogP contribution in [-0.2, 0) is 21.2 Å². The Morgan fingerprint density at radius 1 is 1.37 bits per heavy atom. The van der Waals surface area contributed by atoms with Crippen molar-refractivity contribution in [3.63, 3.8) is 0 Å². The molecule has 1 fully saturated rings. The van der Waals surface area contributed by atoms with Crippen LogP contribution in [-0.4, -0.2) is 72.2 Å². The van der Waals surface area contributed by atoms with Crippen LogP contribution in [0.4, 0.5) is 0 Å². The number of benzene rings is 1. The fourth-order valence-corrected chi connectivity index (χ4v) is 3.67. The van der Waals surface area contributed by atoms with E-state index in [-0.39, 0.29) is 35.1 Å². The van der Waals surface area contributed by atoms with Crippen LogP contribution in [0.2, 0.25) is 0 Å². The first-order valence-corrected chi connectivity index (χ1v) is 10.3. The molecule has 2 atom stereocenters. The predicted octanol–water partition coefficient (Wildman–Crippen LogP) is -0.491. The maximum absolute atomic E-state index is 12.9. The molecule has 162 valence electrons. The Hall–Kier alpha value is -3.09. The minimum absolute atomic E-state index is 0.0800. The monoisotopic (exact) mass is 438 g/mol. The second-order valence-corrected chi connectivity index (χ2v) is 8.01. The Morgan fingerprint density at radius 2 is 2.07 bits per heavy atom. The molecule has 1 aromatic carbocycles. The van der Waals surface area contributed by atoms with Crippen molar-refractivity contribution in [2.24, 2.45) is 11.1 Å². The van der Waals surface area contributed by atoms with E-state index in [2.05, 4.69) is 9.97 Å². The number of aromatic nitrogens is 2. The quantitative estimate of drug-likeness (QED) is 0.520. The molecule has 12 heteroatoms. The van der Waals surface area contributed by atoms with Crippen LogP contribution in [0.1, 0.15) is 16.1 Å². The van der Waals surface area contributed by atoms with E-state index in [1.54, 1.807) is 18.6 Å². The van der Waals surface area contributed by atoms with Crippen molar-refractivity contribution in [1.29, 1.82) is 0 Å². The van der Waals surface area contributed by atoms with Gasteiger partial charge < -0.3 is 19.8 Å². The highest BCUT2D eigenvalue weighted by atomic mass is 32.2. The summed E-state index contributed by atoms with van der Waals surface area (Å²) in [5.41, 5.74) is 0.807. The molecule has 1 saturated heterocycles. The van der Waals surface area contributed by atoms with E-state index in [0.717, 1.165) is 5.69 Å². The van der Waals surface area contributed by atoms with Crippen LogP contribution in [0.15, 0.2) is 41.7 Å². The van der Waals surface area contributed by atoms with E-state index in [9.17, 15) is 18.3 Å². The minimum Gasteiger partial charge on any atom is -0.496 e. The Morgan fingerprint density at radius 3 is 2.63 bits per heavy atom. The summed E-state index contributed by atoms with van der Waals surface area (Å²) in [5, 5.41) is 22.4. The van der Waals surface area contributed by atoms with Crippen molar-refractivity contribution < 1.29 is 33.0 Å². The van der Waals surface area contributed by atoms with Gasteiger partial charge >= 0.3 is 0 Å². The van der Waals surface area contributed by atoms with E-state index in [1.165, 1.54) is 30.2 Å². The molecule has 11 nitrogen and oxygen atoms in total. The van der Waals surface area contributed by atoms with Crippen molar-refractivity contribution in [3.8, 4) is 5.75 Å². The van der Waals surface area contributed by atoms with Crippen molar-refractivity contribution in [3.05, 3.63) is 48.0 Å². The number of hydrogen-bond donors (Lipinski definition) is 3. The van der Waals surface area contributed by atoms with Crippen molar-refractivity contribution in [2.75, 3.05) is 20.2 Å². The third-order valence-electron chi connectivity index (χ3n) is 4.51. The van der Waals surface area contributed by atoms with E-state index in [4.69, 9.17) is 19.8 Å². The largest absolute Gasteiger partial charge is 0.496 e. The molecule has 1 aromatic heterocycles. The number of ether oxygens (including phenoxy) is 1. The van der Waals surface area contributed by atoms with Gasteiger partial charge in [-0.3, -0.25) is 19.6 Å². The lowest BCUT2D eigenvalue weighted by atomic mass is 10.0. The number of β-amino-alcohol motifs (C(OH)–C–C–N with tert-alkyl or cyclic N) is 1. The van der Waals surface area contributed by atoms with E-state index < -0.39 is 22.0 Å². The van der Waals surface area contributed by atoms with Gasteiger partial charge in [0.15, 0.2) is 0 Å². The minimum atomic E-state index is -3.96. The number of nitrogens with two attached hydrogens (primary N) is 1. The highest BCUT2D eigenvalue weighted by Gasteiger charge is 2.35. The molecule has 1 amide bonds. The third-order valence-corrected chi connectivity index (χ3v) is 5.42. The fourth-order valence-electron chi connectivity index (χ4n) is 3.13. The summed E-state index contributed by atoms with van der Waals surface area (Å²) in [5.74, 6) is -0.393. The Bertz CT molecular complexity index is 985. The molecular weight excluding hydrogens is 416 g/mol. The smallest absolute Gasteiger partial charge is 0.290 e. The number of nitrogens with zero attached hydrogens (tertiary/aromatic N) is 3. The summed E-state index contributed by atoms with van der Waals surface area (Å²) in [6.07, 6.45) is 4.52. The second-order valence-electron chi connectivity index (χ2n) is 6.45. The number of carbonyl (C=O) groups excluding carboxylic acids is 1. The molecular formula is C18H22N4O7S. The van der Waals surface area contributed by atoms with E-state index >= 15 is 0 Å². The number of amides is 1. The molecule has 0 radical (unpaired) electrons. The van der Waals surface area contributed by atoms with E-state index in [1.807, 2.05) is 0 Å². The van der Waals surface area contributed by atoms with Crippen LogP contribution in [0.3, 0.4) is 0 Å². The first kappa shape index (κ1) is 23.2. The molecule has 0 saturated carbocycles. The van der Waals surface area contributed by atoms with Gasteiger partial charge in [-0.05, 0) is 24.6 Å². The average Bonchev–Trinajstić information content (AvgIpc) is 3.08. The zero-order chi connectivity index (χ0) is 22.3. The number of hydrogen-bond acceptors (Lipinski definition) is 8. The van der Waals surface area contributed by atoms with Gasteiger partial charge in [0, 0.05) is 37.6 Å². The summed E-state index contributed by atoms with van der Waals surface area (Å²) in [6, 6.07) is 3.86. The summed E-state index contributed by atoms with van der Waals surface area (Å²) in [4.78, 5) is 30.8. The molecule has 2 aromatic rings. The molecule has 1 aliphatic heterocycles.